The van der Waals surface area contributed by atoms with E-state index in [-0.39, 0.29) is 0 Å². The van der Waals surface area contributed by atoms with Crippen molar-refractivity contribution in [2.24, 2.45) is 7.05 Å². The predicted octanol–water partition coefficient (Wildman–Crippen LogP) is 2.96. The molecule has 5 nitrogen and oxygen atoms in total. The van der Waals surface area contributed by atoms with Gasteiger partial charge in [-0.25, -0.2) is 4.98 Å². The first-order valence-electron chi connectivity index (χ1n) is 7.93. The zero-order chi connectivity index (χ0) is 15.8. The van der Waals surface area contributed by atoms with Gasteiger partial charge in [0.25, 0.3) is 0 Å². The fourth-order valence-corrected chi connectivity index (χ4v) is 3.24. The van der Waals surface area contributed by atoms with E-state index in [0.29, 0.717) is 0 Å². The van der Waals surface area contributed by atoms with Gasteiger partial charge in [0.15, 0.2) is 5.65 Å². The van der Waals surface area contributed by atoms with Crippen molar-refractivity contribution >= 4 is 16.7 Å². The van der Waals surface area contributed by atoms with Gasteiger partial charge in [-0.1, -0.05) is 18.2 Å². The van der Waals surface area contributed by atoms with Crippen molar-refractivity contribution in [2.45, 2.75) is 26.6 Å². The molecule has 0 bridgehead atoms. The van der Waals surface area contributed by atoms with Gasteiger partial charge >= 0.3 is 0 Å². The quantitative estimate of drug-likeness (QED) is 0.805. The van der Waals surface area contributed by atoms with Gasteiger partial charge in [-0.05, 0) is 36.1 Å². The van der Waals surface area contributed by atoms with Gasteiger partial charge in [-0.15, -0.1) is 0 Å². The lowest BCUT2D eigenvalue weighted by molar-refractivity contribution is 0.134. The molecule has 0 saturated heterocycles. The van der Waals surface area contributed by atoms with Crippen LogP contribution in [0, 0.1) is 6.92 Å². The van der Waals surface area contributed by atoms with Crippen LogP contribution in [0.5, 0.6) is 0 Å². The minimum atomic E-state index is 0.746. The van der Waals surface area contributed by atoms with Crippen molar-refractivity contribution in [3.05, 3.63) is 52.8 Å². The zero-order valence-electron chi connectivity index (χ0n) is 13.5. The number of nitrogens with one attached hydrogen (secondary N) is 1. The molecule has 0 atom stereocenters. The Kier molecular flexibility index (Phi) is 3.50. The number of ether oxygens (including phenoxy) is 1. The molecule has 0 amide bonds. The van der Waals surface area contributed by atoms with Crippen LogP contribution in [0.3, 0.4) is 0 Å². The molecule has 0 aliphatic carbocycles. The van der Waals surface area contributed by atoms with E-state index in [4.69, 9.17) is 4.74 Å². The van der Waals surface area contributed by atoms with E-state index in [2.05, 4.69) is 33.6 Å². The Hall–Kier alpha value is -2.40. The van der Waals surface area contributed by atoms with Crippen molar-refractivity contribution in [3.8, 4) is 0 Å². The second-order valence-corrected chi connectivity index (χ2v) is 6.04. The molecular formula is C18H20N4O. The van der Waals surface area contributed by atoms with Gasteiger partial charge in [0, 0.05) is 25.5 Å². The van der Waals surface area contributed by atoms with E-state index >= 15 is 0 Å². The van der Waals surface area contributed by atoms with Gasteiger partial charge in [-0.3, -0.25) is 4.68 Å². The summed E-state index contributed by atoms with van der Waals surface area (Å²) in [6, 6.07) is 8.68. The smallest absolute Gasteiger partial charge is 0.159 e. The number of nitrogens with zero attached hydrogens (tertiary/aromatic N) is 3. The molecule has 2 aromatic heterocycles. The summed E-state index contributed by atoms with van der Waals surface area (Å²) in [6.07, 6.45) is 2.81. The highest BCUT2D eigenvalue weighted by molar-refractivity contribution is 5.91. The molecule has 1 aromatic carbocycles. The second kappa shape index (κ2) is 5.66. The van der Waals surface area contributed by atoms with Crippen molar-refractivity contribution in [1.29, 1.82) is 0 Å². The van der Waals surface area contributed by atoms with Crippen LogP contribution in [0.25, 0.3) is 11.0 Å². The molecule has 0 fully saturated rings. The van der Waals surface area contributed by atoms with Crippen LogP contribution in [0.4, 0.5) is 5.69 Å². The van der Waals surface area contributed by atoms with Crippen LogP contribution in [0.1, 0.15) is 22.4 Å². The van der Waals surface area contributed by atoms with Crippen molar-refractivity contribution in [1.82, 2.24) is 14.8 Å². The van der Waals surface area contributed by atoms with Gasteiger partial charge in [0.1, 0.15) is 0 Å². The van der Waals surface area contributed by atoms with E-state index in [1.54, 1.807) is 0 Å². The van der Waals surface area contributed by atoms with Crippen LogP contribution >= 0.6 is 0 Å². The number of hydrogen-bond donors (Lipinski definition) is 1. The van der Waals surface area contributed by atoms with Crippen LogP contribution in [0.2, 0.25) is 0 Å². The molecule has 1 N–H and O–H groups in total. The summed E-state index contributed by atoms with van der Waals surface area (Å²) in [6.45, 7) is 4.41. The third-order valence-electron chi connectivity index (χ3n) is 4.41. The molecule has 118 valence electrons. The normalized spacial score (nSPS) is 13.5. The Morgan fingerprint density at radius 1 is 1.22 bits per heavy atom. The topological polar surface area (TPSA) is 52.0 Å². The molecule has 4 rings (SSSR count). The third kappa shape index (κ3) is 2.57. The Morgan fingerprint density at radius 3 is 3.00 bits per heavy atom. The SMILES string of the molecule is Cc1nn(C)c2nccc(NCCc3ccc4c(c3)COC4)c12. The molecule has 3 heterocycles. The van der Waals surface area contributed by atoms with Crippen molar-refractivity contribution < 1.29 is 4.74 Å². The maximum Gasteiger partial charge on any atom is 0.159 e. The molecule has 23 heavy (non-hydrogen) atoms. The monoisotopic (exact) mass is 308 g/mol. The van der Waals surface area contributed by atoms with Gasteiger partial charge in [0.05, 0.1) is 24.3 Å². The number of pyridine rings is 1. The number of aryl methyl sites for hydroxylation is 2. The van der Waals surface area contributed by atoms with Gasteiger partial charge in [0.2, 0.25) is 0 Å². The Balaban J connectivity index is 1.49. The number of hydrogen-bond acceptors (Lipinski definition) is 4. The molecule has 0 radical (unpaired) electrons. The second-order valence-electron chi connectivity index (χ2n) is 6.04. The average Bonchev–Trinajstić information content (AvgIpc) is 3.12. The molecule has 5 heteroatoms. The number of rotatable bonds is 4. The first kappa shape index (κ1) is 14.2. The van der Waals surface area contributed by atoms with E-state index in [1.165, 1.54) is 16.7 Å². The van der Waals surface area contributed by atoms with Crippen molar-refractivity contribution in [2.75, 3.05) is 11.9 Å². The highest BCUT2D eigenvalue weighted by Gasteiger charge is 2.12. The largest absolute Gasteiger partial charge is 0.384 e. The summed E-state index contributed by atoms with van der Waals surface area (Å²) >= 11 is 0. The molecule has 0 spiro atoms. The molecule has 0 saturated carbocycles. The van der Waals surface area contributed by atoms with E-state index < -0.39 is 0 Å². The van der Waals surface area contributed by atoms with E-state index in [9.17, 15) is 0 Å². The number of aromatic nitrogens is 3. The average molecular weight is 308 g/mol. The Bertz CT molecular complexity index is 869. The van der Waals surface area contributed by atoms with Crippen LogP contribution in [0.15, 0.2) is 30.5 Å². The highest BCUT2D eigenvalue weighted by Crippen LogP contribution is 2.25. The Labute approximate surface area is 135 Å². The van der Waals surface area contributed by atoms with Gasteiger partial charge < -0.3 is 10.1 Å². The van der Waals surface area contributed by atoms with Crippen LogP contribution < -0.4 is 5.32 Å². The minimum absolute atomic E-state index is 0.746. The van der Waals surface area contributed by atoms with Crippen LogP contribution in [-0.2, 0) is 31.4 Å². The fourth-order valence-electron chi connectivity index (χ4n) is 3.24. The predicted molar refractivity (Wildman–Crippen MR) is 90.4 cm³/mol. The molecule has 1 aliphatic heterocycles. The lowest BCUT2D eigenvalue weighted by Crippen LogP contribution is -2.06. The molecule has 1 aliphatic rings. The molecule has 0 unspecified atom stereocenters. The first-order valence-corrected chi connectivity index (χ1v) is 7.93. The maximum absolute atomic E-state index is 5.48. The fraction of sp³-hybridized carbons (Fsp3) is 0.333. The van der Waals surface area contributed by atoms with E-state index in [1.807, 2.05) is 30.9 Å². The molecular weight excluding hydrogens is 288 g/mol. The minimum Gasteiger partial charge on any atom is -0.384 e. The number of benzene rings is 1. The van der Waals surface area contributed by atoms with Gasteiger partial charge in [-0.2, -0.15) is 5.10 Å². The Morgan fingerprint density at radius 2 is 2.09 bits per heavy atom. The maximum atomic E-state index is 5.48. The third-order valence-corrected chi connectivity index (χ3v) is 4.41. The summed E-state index contributed by atoms with van der Waals surface area (Å²) in [5.74, 6) is 0. The summed E-state index contributed by atoms with van der Waals surface area (Å²) < 4.78 is 7.31. The first-order chi connectivity index (χ1) is 11.2. The lowest BCUT2D eigenvalue weighted by Gasteiger charge is -2.09. The van der Waals surface area contributed by atoms with Crippen LogP contribution in [-0.4, -0.2) is 21.3 Å². The van der Waals surface area contributed by atoms with Crippen molar-refractivity contribution in [3.63, 3.8) is 0 Å². The number of fused-ring (bicyclic) bond motifs is 2. The lowest BCUT2D eigenvalue weighted by atomic mass is 10.0. The zero-order valence-corrected chi connectivity index (χ0v) is 13.5. The van der Waals surface area contributed by atoms with E-state index in [0.717, 1.165) is 48.6 Å². The summed E-state index contributed by atoms with van der Waals surface area (Å²) in [5.41, 5.74) is 7.02. The molecule has 3 aromatic rings. The number of anilines is 1. The highest BCUT2D eigenvalue weighted by atomic mass is 16.5. The summed E-state index contributed by atoms with van der Waals surface area (Å²) in [7, 11) is 1.93. The standard InChI is InChI=1S/C18H20N4O/c1-12-17-16(6-8-20-18(17)22(2)21-12)19-7-5-13-3-4-14-10-23-11-15(14)9-13/h3-4,6,8-9H,5,7,10-11H2,1-2H3,(H,19,20). The summed E-state index contributed by atoms with van der Waals surface area (Å²) in [4.78, 5) is 4.41. The summed E-state index contributed by atoms with van der Waals surface area (Å²) in [5, 5.41) is 9.10.